The quantitative estimate of drug-likeness (QED) is 0.382. The molecule has 0 saturated heterocycles. The van der Waals surface area contributed by atoms with E-state index in [2.05, 4.69) is 20.2 Å². The van der Waals surface area contributed by atoms with Crippen molar-refractivity contribution in [2.75, 3.05) is 51.1 Å². The Labute approximate surface area is 218 Å². The Morgan fingerprint density at radius 2 is 1.81 bits per heavy atom. The summed E-state index contributed by atoms with van der Waals surface area (Å²) in [6, 6.07) is 17.8. The molecule has 3 aromatic rings. The Hall–Kier alpha value is -3.63. The van der Waals surface area contributed by atoms with E-state index in [0.29, 0.717) is 44.5 Å². The van der Waals surface area contributed by atoms with E-state index in [1.807, 2.05) is 72.6 Å². The van der Waals surface area contributed by atoms with Crippen molar-refractivity contribution in [2.24, 2.45) is 0 Å². The standard InChI is InChI=1S/C27H33N5O4S/c1-31(15-16-37(3,33)34)13-14-32-18-25-24(17-26(32)35-2)27(29-20-28-25)30-22-9-11-23(12-10-22)36-19-21-7-5-4-6-8-21/h4-12,17,20H,13-16,18-19H2,1-3H3,(H,28,29,30). The van der Waals surface area contributed by atoms with E-state index in [1.54, 1.807) is 13.4 Å². The zero-order chi connectivity index (χ0) is 26.3. The van der Waals surface area contributed by atoms with E-state index in [1.165, 1.54) is 6.26 Å². The molecule has 2 heterocycles. The molecule has 0 amide bonds. The molecule has 0 unspecified atom stereocenters. The second kappa shape index (κ2) is 12.1. The number of benzene rings is 2. The van der Waals surface area contributed by atoms with Crippen molar-refractivity contribution in [1.29, 1.82) is 0 Å². The van der Waals surface area contributed by atoms with Crippen LogP contribution in [0.15, 0.2) is 66.8 Å². The Bertz CT molecular complexity index is 1310. The molecule has 10 heteroatoms. The maximum Gasteiger partial charge on any atom is 0.190 e. The number of rotatable bonds is 12. The summed E-state index contributed by atoms with van der Waals surface area (Å²) in [7, 11) is 0.571. The van der Waals surface area contributed by atoms with Crippen LogP contribution in [0.4, 0.5) is 11.5 Å². The van der Waals surface area contributed by atoms with Crippen molar-refractivity contribution >= 4 is 27.4 Å². The number of methoxy groups -OCH3 is 1. The first kappa shape index (κ1) is 26.4. The highest BCUT2D eigenvalue weighted by Gasteiger charge is 2.23. The van der Waals surface area contributed by atoms with Crippen LogP contribution in [0.2, 0.25) is 0 Å². The molecule has 0 spiro atoms. The summed E-state index contributed by atoms with van der Waals surface area (Å²) >= 11 is 0. The third-order valence-electron chi connectivity index (χ3n) is 6.06. The van der Waals surface area contributed by atoms with Crippen molar-refractivity contribution in [2.45, 2.75) is 13.2 Å². The van der Waals surface area contributed by atoms with Gasteiger partial charge in [0.25, 0.3) is 0 Å². The third-order valence-corrected chi connectivity index (χ3v) is 6.98. The molecular weight excluding hydrogens is 490 g/mol. The van der Waals surface area contributed by atoms with Gasteiger partial charge in [-0.3, -0.25) is 0 Å². The molecule has 0 radical (unpaired) electrons. The van der Waals surface area contributed by atoms with E-state index in [0.717, 1.165) is 28.3 Å². The molecule has 1 aromatic heterocycles. The van der Waals surface area contributed by atoms with Crippen LogP contribution in [0.1, 0.15) is 16.8 Å². The summed E-state index contributed by atoms with van der Waals surface area (Å²) in [4.78, 5) is 13.1. The Morgan fingerprint density at radius 1 is 1.05 bits per heavy atom. The first-order valence-corrected chi connectivity index (χ1v) is 14.1. The minimum Gasteiger partial charge on any atom is -0.489 e. The van der Waals surface area contributed by atoms with Crippen molar-refractivity contribution in [1.82, 2.24) is 19.8 Å². The molecule has 1 N–H and O–H groups in total. The van der Waals surface area contributed by atoms with Gasteiger partial charge >= 0.3 is 0 Å². The van der Waals surface area contributed by atoms with Crippen LogP contribution in [0.3, 0.4) is 0 Å². The number of nitrogens with zero attached hydrogens (tertiary/aromatic N) is 4. The van der Waals surface area contributed by atoms with Gasteiger partial charge in [-0.15, -0.1) is 0 Å². The normalized spacial score (nSPS) is 13.2. The second-order valence-electron chi connectivity index (χ2n) is 9.05. The zero-order valence-electron chi connectivity index (χ0n) is 21.4. The molecule has 2 aromatic carbocycles. The fourth-order valence-electron chi connectivity index (χ4n) is 3.90. The predicted octanol–water partition coefficient (Wildman–Crippen LogP) is 3.54. The molecule has 0 atom stereocenters. The van der Waals surface area contributed by atoms with E-state index >= 15 is 0 Å². The molecule has 9 nitrogen and oxygen atoms in total. The fraction of sp³-hybridized carbons (Fsp3) is 0.333. The number of aromatic nitrogens is 2. The van der Waals surface area contributed by atoms with Crippen LogP contribution in [-0.4, -0.2) is 74.0 Å². The maximum atomic E-state index is 11.4. The first-order valence-electron chi connectivity index (χ1n) is 12.1. The SMILES string of the molecule is COC1=Cc2c(ncnc2Nc2ccc(OCc3ccccc3)cc2)CN1CCN(C)CCS(C)(=O)=O. The molecule has 196 valence electrons. The van der Waals surface area contributed by atoms with Gasteiger partial charge in [0.05, 0.1) is 25.1 Å². The molecule has 0 bridgehead atoms. The lowest BCUT2D eigenvalue weighted by Gasteiger charge is -2.31. The lowest BCUT2D eigenvalue weighted by Crippen LogP contribution is -2.36. The van der Waals surface area contributed by atoms with Crippen molar-refractivity contribution < 1.29 is 17.9 Å². The number of anilines is 2. The zero-order valence-corrected chi connectivity index (χ0v) is 22.2. The topological polar surface area (TPSA) is 96.9 Å². The second-order valence-corrected chi connectivity index (χ2v) is 11.3. The number of nitrogens with one attached hydrogen (secondary N) is 1. The van der Waals surface area contributed by atoms with Gasteiger partial charge in [0.1, 0.15) is 34.3 Å². The van der Waals surface area contributed by atoms with Crippen molar-refractivity contribution in [3.63, 3.8) is 0 Å². The van der Waals surface area contributed by atoms with Crippen LogP contribution in [0.5, 0.6) is 5.75 Å². The molecule has 0 aliphatic carbocycles. The number of sulfone groups is 1. The highest BCUT2D eigenvalue weighted by molar-refractivity contribution is 7.90. The Morgan fingerprint density at radius 3 is 2.51 bits per heavy atom. The van der Waals surface area contributed by atoms with Crippen LogP contribution in [0, 0.1) is 0 Å². The van der Waals surface area contributed by atoms with Gasteiger partial charge in [0.15, 0.2) is 5.88 Å². The van der Waals surface area contributed by atoms with Gasteiger partial charge in [-0.1, -0.05) is 30.3 Å². The molecule has 4 rings (SSSR count). The Balaban J connectivity index is 1.39. The number of hydrogen-bond donors (Lipinski definition) is 1. The average molecular weight is 524 g/mol. The Kier molecular flexibility index (Phi) is 8.62. The number of ether oxygens (including phenoxy) is 2. The maximum absolute atomic E-state index is 11.4. The van der Waals surface area contributed by atoms with E-state index in [9.17, 15) is 8.42 Å². The summed E-state index contributed by atoms with van der Waals surface area (Å²) in [5, 5.41) is 3.38. The van der Waals surface area contributed by atoms with Crippen LogP contribution in [-0.2, 0) is 27.7 Å². The van der Waals surface area contributed by atoms with Crippen LogP contribution in [0.25, 0.3) is 6.08 Å². The predicted molar refractivity (Wildman–Crippen MR) is 145 cm³/mol. The smallest absolute Gasteiger partial charge is 0.190 e. The van der Waals surface area contributed by atoms with E-state index < -0.39 is 9.84 Å². The molecular formula is C27H33N5O4S. The summed E-state index contributed by atoms with van der Waals surface area (Å²) in [6.45, 7) is 2.94. The van der Waals surface area contributed by atoms with Gasteiger partial charge in [0.2, 0.25) is 0 Å². The van der Waals surface area contributed by atoms with Gasteiger partial charge in [-0.25, -0.2) is 18.4 Å². The number of fused-ring (bicyclic) bond motifs is 1. The lowest BCUT2D eigenvalue weighted by atomic mass is 10.1. The van der Waals surface area contributed by atoms with Gasteiger partial charge in [-0.05, 0) is 36.9 Å². The minimum absolute atomic E-state index is 0.141. The lowest BCUT2D eigenvalue weighted by molar-refractivity contribution is 0.136. The summed E-state index contributed by atoms with van der Waals surface area (Å²) in [6.07, 6.45) is 4.75. The molecule has 37 heavy (non-hydrogen) atoms. The van der Waals surface area contributed by atoms with Gasteiger partial charge < -0.3 is 24.6 Å². The molecule has 1 aliphatic rings. The van der Waals surface area contributed by atoms with E-state index in [4.69, 9.17) is 9.47 Å². The molecule has 0 fully saturated rings. The van der Waals surface area contributed by atoms with E-state index in [-0.39, 0.29) is 5.75 Å². The number of hydrogen-bond acceptors (Lipinski definition) is 9. The highest BCUT2D eigenvalue weighted by Crippen LogP contribution is 2.30. The van der Waals surface area contributed by atoms with Gasteiger partial charge in [0, 0.05) is 43.2 Å². The molecule has 0 saturated carbocycles. The monoisotopic (exact) mass is 523 g/mol. The summed E-state index contributed by atoms with van der Waals surface area (Å²) < 4.78 is 34.4. The summed E-state index contributed by atoms with van der Waals surface area (Å²) in [5.41, 5.74) is 3.77. The third kappa shape index (κ3) is 7.68. The van der Waals surface area contributed by atoms with Gasteiger partial charge in [-0.2, -0.15) is 0 Å². The summed E-state index contributed by atoms with van der Waals surface area (Å²) in [5.74, 6) is 2.34. The molecule has 1 aliphatic heterocycles. The van der Waals surface area contributed by atoms with Crippen molar-refractivity contribution in [3.8, 4) is 5.75 Å². The largest absolute Gasteiger partial charge is 0.489 e. The highest BCUT2D eigenvalue weighted by atomic mass is 32.2. The average Bonchev–Trinajstić information content (AvgIpc) is 2.90. The van der Waals surface area contributed by atoms with Crippen molar-refractivity contribution in [3.05, 3.63) is 83.6 Å². The minimum atomic E-state index is -2.99. The van der Waals surface area contributed by atoms with Crippen LogP contribution < -0.4 is 10.1 Å². The first-order chi connectivity index (χ1) is 17.8. The fourth-order valence-corrected chi connectivity index (χ4v) is 4.54. The van der Waals surface area contributed by atoms with Crippen LogP contribution >= 0.6 is 0 Å². The number of likely N-dealkylation sites (N-methyl/N-ethyl adjacent to an activating group) is 1.